The van der Waals surface area contributed by atoms with E-state index in [0.29, 0.717) is 5.92 Å². The molecule has 0 bridgehead atoms. The number of H-pyrrole nitrogens is 1. The molecule has 0 radical (unpaired) electrons. The molecule has 2 unspecified atom stereocenters. The molecule has 1 heterocycles. The van der Waals surface area contributed by atoms with Gasteiger partial charge in [-0.15, -0.1) is 0 Å². The van der Waals surface area contributed by atoms with Crippen LogP contribution in [-0.4, -0.2) is 29.3 Å². The number of rotatable bonds is 8. The summed E-state index contributed by atoms with van der Waals surface area (Å²) in [6.45, 7) is 3.32. The normalized spacial score (nSPS) is 13.9. The molecule has 0 aliphatic rings. The summed E-state index contributed by atoms with van der Waals surface area (Å²) < 4.78 is 0. The van der Waals surface area contributed by atoms with Crippen molar-refractivity contribution in [3.8, 4) is 0 Å². The van der Waals surface area contributed by atoms with Crippen molar-refractivity contribution in [3.63, 3.8) is 0 Å². The number of hydrogen-bond donors (Lipinski definition) is 3. The largest absolute Gasteiger partial charge is 0.395 e. The molecule has 1 aromatic heterocycles. The van der Waals surface area contributed by atoms with Gasteiger partial charge in [-0.25, -0.2) is 0 Å². The summed E-state index contributed by atoms with van der Waals surface area (Å²) in [6, 6.07) is 18.9. The van der Waals surface area contributed by atoms with Crippen LogP contribution in [0.2, 0.25) is 0 Å². The molecule has 2 aromatic carbocycles. The average Bonchev–Trinajstić information content (AvgIpc) is 3.02. The molecular weight excluding hydrogens is 296 g/mol. The smallest absolute Gasteiger partial charge is 0.0587 e. The summed E-state index contributed by atoms with van der Waals surface area (Å²) in [6.07, 6.45) is 4.01. The number of aromatic amines is 1. The SMILES string of the molecule is CC(CNC(CO)Cc1ccccc1)Cc1c[nH]c2ccccc12. The molecule has 3 rings (SSSR count). The maximum Gasteiger partial charge on any atom is 0.0587 e. The zero-order valence-corrected chi connectivity index (χ0v) is 14.2. The van der Waals surface area contributed by atoms with Crippen LogP contribution < -0.4 is 5.32 Å². The number of aliphatic hydroxyl groups is 1. The molecule has 3 heteroatoms. The first-order chi connectivity index (χ1) is 11.8. The van der Waals surface area contributed by atoms with Gasteiger partial charge in [0.1, 0.15) is 0 Å². The monoisotopic (exact) mass is 322 g/mol. The van der Waals surface area contributed by atoms with Crippen molar-refractivity contribution in [2.45, 2.75) is 25.8 Å². The number of hydrogen-bond acceptors (Lipinski definition) is 2. The molecule has 126 valence electrons. The quantitative estimate of drug-likeness (QED) is 0.594. The molecule has 0 saturated carbocycles. The first kappa shape index (κ1) is 16.7. The number of aromatic nitrogens is 1. The molecule has 0 saturated heterocycles. The fourth-order valence-corrected chi connectivity index (χ4v) is 3.22. The third-order valence-corrected chi connectivity index (χ3v) is 4.54. The predicted octanol–water partition coefficient (Wildman–Crippen LogP) is 3.54. The van der Waals surface area contributed by atoms with Gasteiger partial charge >= 0.3 is 0 Å². The maximum atomic E-state index is 9.63. The van der Waals surface area contributed by atoms with Crippen LogP contribution in [0.25, 0.3) is 10.9 Å². The Morgan fingerprint density at radius 3 is 2.54 bits per heavy atom. The first-order valence-electron chi connectivity index (χ1n) is 8.69. The first-order valence-corrected chi connectivity index (χ1v) is 8.69. The summed E-state index contributed by atoms with van der Waals surface area (Å²) in [4.78, 5) is 3.34. The van der Waals surface area contributed by atoms with Crippen LogP contribution in [0.5, 0.6) is 0 Å². The van der Waals surface area contributed by atoms with Gasteiger partial charge in [0.25, 0.3) is 0 Å². The van der Waals surface area contributed by atoms with Crippen molar-refractivity contribution in [2.24, 2.45) is 5.92 Å². The second-order valence-corrected chi connectivity index (χ2v) is 6.65. The third kappa shape index (κ3) is 4.25. The van der Waals surface area contributed by atoms with Crippen molar-refractivity contribution in [2.75, 3.05) is 13.2 Å². The van der Waals surface area contributed by atoms with Gasteiger partial charge in [0.05, 0.1) is 6.61 Å². The van der Waals surface area contributed by atoms with Crippen LogP contribution in [-0.2, 0) is 12.8 Å². The Kier molecular flexibility index (Phi) is 5.68. The lowest BCUT2D eigenvalue weighted by Gasteiger charge is -2.19. The predicted molar refractivity (Wildman–Crippen MR) is 100 cm³/mol. The molecule has 24 heavy (non-hydrogen) atoms. The molecule has 0 fully saturated rings. The lowest BCUT2D eigenvalue weighted by molar-refractivity contribution is 0.237. The van der Waals surface area contributed by atoms with Gasteiger partial charge in [0, 0.05) is 23.1 Å². The molecule has 0 aliphatic carbocycles. The zero-order valence-electron chi connectivity index (χ0n) is 14.2. The van der Waals surface area contributed by atoms with E-state index in [-0.39, 0.29) is 12.6 Å². The van der Waals surface area contributed by atoms with E-state index < -0.39 is 0 Å². The van der Waals surface area contributed by atoms with E-state index in [4.69, 9.17) is 0 Å². The lowest BCUT2D eigenvalue weighted by atomic mass is 9.99. The lowest BCUT2D eigenvalue weighted by Crippen LogP contribution is -2.37. The second kappa shape index (κ2) is 8.13. The summed E-state index contributed by atoms with van der Waals surface area (Å²) in [5.74, 6) is 0.508. The van der Waals surface area contributed by atoms with Crippen molar-refractivity contribution in [1.29, 1.82) is 0 Å². The number of aliphatic hydroxyl groups excluding tert-OH is 1. The van der Waals surface area contributed by atoms with Gasteiger partial charge in [-0.1, -0.05) is 55.5 Å². The maximum absolute atomic E-state index is 9.63. The van der Waals surface area contributed by atoms with E-state index in [2.05, 4.69) is 59.8 Å². The minimum absolute atomic E-state index is 0.109. The topological polar surface area (TPSA) is 48.0 Å². The van der Waals surface area contributed by atoms with Crippen LogP contribution in [0.3, 0.4) is 0 Å². The molecule has 0 aliphatic heterocycles. The highest BCUT2D eigenvalue weighted by atomic mass is 16.3. The molecular formula is C21H26N2O. The van der Waals surface area contributed by atoms with E-state index in [1.54, 1.807) is 0 Å². The summed E-state index contributed by atoms with van der Waals surface area (Å²) in [5, 5.41) is 14.5. The summed E-state index contributed by atoms with van der Waals surface area (Å²) in [7, 11) is 0. The highest BCUT2D eigenvalue weighted by Crippen LogP contribution is 2.20. The van der Waals surface area contributed by atoms with Crippen molar-refractivity contribution < 1.29 is 5.11 Å². The van der Waals surface area contributed by atoms with E-state index in [1.165, 1.54) is 22.0 Å². The van der Waals surface area contributed by atoms with E-state index >= 15 is 0 Å². The van der Waals surface area contributed by atoms with E-state index in [9.17, 15) is 5.11 Å². The van der Waals surface area contributed by atoms with Gasteiger partial charge in [0.15, 0.2) is 0 Å². The van der Waals surface area contributed by atoms with Gasteiger partial charge in [-0.3, -0.25) is 0 Å². The number of nitrogens with one attached hydrogen (secondary N) is 2. The number of fused-ring (bicyclic) bond motifs is 1. The molecule has 2 atom stereocenters. The Labute approximate surface area is 143 Å². The van der Waals surface area contributed by atoms with Crippen LogP contribution in [0, 0.1) is 5.92 Å². The summed E-state index contributed by atoms with van der Waals surface area (Å²) >= 11 is 0. The van der Waals surface area contributed by atoms with Gasteiger partial charge in [-0.2, -0.15) is 0 Å². The minimum Gasteiger partial charge on any atom is -0.395 e. The highest BCUT2D eigenvalue weighted by Gasteiger charge is 2.12. The molecule has 3 aromatic rings. The second-order valence-electron chi connectivity index (χ2n) is 6.65. The van der Waals surface area contributed by atoms with Gasteiger partial charge < -0.3 is 15.4 Å². The highest BCUT2D eigenvalue weighted by molar-refractivity contribution is 5.83. The Bertz CT molecular complexity index is 751. The average molecular weight is 322 g/mol. The van der Waals surface area contributed by atoms with Gasteiger partial charge in [0.2, 0.25) is 0 Å². The molecule has 3 N–H and O–H groups in total. The van der Waals surface area contributed by atoms with Crippen molar-refractivity contribution in [3.05, 3.63) is 71.9 Å². The summed E-state index contributed by atoms with van der Waals surface area (Å²) in [5.41, 5.74) is 3.82. The molecule has 0 spiro atoms. The number of benzene rings is 2. The number of para-hydroxylation sites is 1. The van der Waals surface area contributed by atoms with Crippen LogP contribution >= 0.6 is 0 Å². The Balaban J connectivity index is 1.53. The third-order valence-electron chi connectivity index (χ3n) is 4.54. The molecule has 3 nitrogen and oxygen atoms in total. The molecule has 0 amide bonds. The van der Waals surface area contributed by atoms with E-state index in [0.717, 1.165) is 19.4 Å². The van der Waals surface area contributed by atoms with Crippen LogP contribution in [0.1, 0.15) is 18.1 Å². The zero-order chi connectivity index (χ0) is 16.8. The fourth-order valence-electron chi connectivity index (χ4n) is 3.22. The Hall–Kier alpha value is -2.10. The van der Waals surface area contributed by atoms with Crippen molar-refractivity contribution in [1.82, 2.24) is 10.3 Å². The minimum atomic E-state index is 0.109. The fraction of sp³-hybridized carbons (Fsp3) is 0.333. The van der Waals surface area contributed by atoms with Crippen LogP contribution in [0.15, 0.2) is 60.8 Å². The van der Waals surface area contributed by atoms with E-state index in [1.807, 2.05) is 18.2 Å². The Morgan fingerprint density at radius 1 is 1.00 bits per heavy atom. The van der Waals surface area contributed by atoms with Crippen LogP contribution in [0.4, 0.5) is 0 Å². The Morgan fingerprint density at radius 2 is 1.75 bits per heavy atom. The standard InChI is InChI=1S/C21H26N2O/c1-16(11-18-14-23-21-10-6-5-9-20(18)21)13-22-19(15-24)12-17-7-3-2-4-8-17/h2-10,14,16,19,22-24H,11-13,15H2,1H3. The van der Waals surface area contributed by atoms with Crippen molar-refractivity contribution >= 4 is 10.9 Å². The van der Waals surface area contributed by atoms with Gasteiger partial charge in [-0.05, 0) is 42.5 Å².